The number of methoxy groups -OCH3 is 1. The molecular formula is C23H23F6NO7S. The van der Waals surface area contributed by atoms with Gasteiger partial charge in [-0.2, -0.15) is 30.9 Å². The third-order valence-corrected chi connectivity index (χ3v) is 5.61. The van der Waals surface area contributed by atoms with E-state index in [0.29, 0.717) is 36.8 Å². The monoisotopic (exact) mass is 571 g/mol. The van der Waals surface area contributed by atoms with Gasteiger partial charge in [-0.15, -0.1) is 0 Å². The van der Waals surface area contributed by atoms with Crippen LogP contribution in [0.2, 0.25) is 0 Å². The van der Waals surface area contributed by atoms with Crippen molar-refractivity contribution in [2.45, 2.75) is 44.4 Å². The molecule has 3 rings (SSSR count). The molecule has 0 bridgehead atoms. The highest BCUT2D eigenvalue weighted by Gasteiger charge is 2.37. The van der Waals surface area contributed by atoms with Crippen molar-refractivity contribution in [3.05, 3.63) is 64.1 Å². The van der Waals surface area contributed by atoms with Gasteiger partial charge in [-0.25, -0.2) is 13.2 Å². The first-order valence-electron chi connectivity index (χ1n) is 10.9. The summed E-state index contributed by atoms with van der Waals surface area (Å²) in [6.45, 7) is 2.70. The molecule has 0 atom stereocenters. The molecule has 3 aromatic rings. The maximum Gasteiger partial charge on any atom is 0.485 e. The number of aromatic nitrogens is 1. The highest BCUT2D eigenvalue weighted by molar-refractivity contribution is 7.86. The largest absolute Gasteiger partial charge is 0.741 e. The van der Waals surface area contributed by atoms with Crippen LogP contribution in [0.15, 0.2) is 51.8 Å². The number of unbranched alkanes of at least 4 members (excludes halogenated alkanes) is 2. The number of alkyl halides is 6. The predicted molar refractivity (Wildman–Crippen MR) is 121 cm³/mol. The third-order valence-electron chi connectivity index (χ3n) is 5.04. The third kappa shape index (κ3) is 8.90. The lowest BCUT2D eigenvalue weighted by Crippen LogP contribution is -2.36. The van der Waals surface area contributed by atoms with E-state index in [-0.39, 0.29) is 0 Å². The molecule has 0 unspecified atom stereocenters. The molecule has 0 aliphatic carbocycles. The average Bonchev–Trinajstić information content (AvgIpc) is 2.79. The number of ether oxygens (including phenoxy) is 2. The van der Waals surface area contributed by atoms with E-state index in [4.69, 9.17) is 26.9 Å². The van der Waals surface area contributed by atoms with Crippen LogP contribution >= 0.6 is 0 Å². The van der Waals surface area contributed by atoms with Gasteiger partial charge in [0.05, 0.1) is 19.8 Å². The van der Waals surface area contributed by atoms with E-state index in [1.54, 1.807) is 6.07 Å². The standard InChI is InChI=1S/C22H23F3NO4.CHF3O3S/c1-15-12-21(27)30-19-13-17(7-8-18(15)19)29-11-5-3-4-10-26-14-16(22(23,24)25)6-9-20(26)28-2;2-1(3,4)8(5,6)7/h6-9,12-14H,3-5,10-11H2,1-2H3;(H,5,6,7)/q+1;/p-1. The molecule has 0 saturated heterocycles. The normalized spacial score (nSPS) is 12.1. The van der Waals surface area contributed by atoms with Crippen molar-refractivity contribution >= 4 is 21.1 Å². The number of rotatable bonds is 8. The summed E-state index contributed by atoms with van der Waals surface area (Å²) < 4.78 is 115. The van der Waals surface area contributed by atoms with E-state index in [1.807, 2.05) is 19.1 Å². The van der Waals surface area contributed by atoms with E-state index in [2.05, 4.69) is 0 Å². The molecule has 38 heavy (non-hydrogen) atoms. The van der Waals surface area contributed by atoms with Gasteiger partial charge in [0.15, 0.2) is 22.9 Å². The molecule has 0 spiro atoms. The molecule has 15 heteroatoms. The van der Waals surface area contributed by atoms with Gasteiger partial charge in [0.25, 0.3) is 0 Å². The van der Waals surface area contributed by atoms with E-state index in [9.17, 15) is 31.1 Å². The highest BCUT2D eigenvalue weighted by Crippen LogP contribution is 2.29. The summed E-state index contributed by atoms with van der Waals surface area (Å²) in [4.78, 5) is 11.5. The van der Waals surface area contributed by atoms with Crippen molar-refractivity contribution in [2.75, 3.05) is 13.7 Å². The number of fused-ring (bicyclic) bond motifs is 1. The van der Waals surface area contributed by atoms with Gasteiger partial charge in [0.2, 0.25) is 0 Å². The molecule has 0 N–H and O–H groups in total. The van der Waals surface area contributed by atoms with Crippen LogP contribution in [0.1, 0.15) is 30.4 Å². The fraction of sp³-hybridized carbons (Fsp3) is 0.391. The first-order chi connectivity index (χ1) is 17.5. The summed E-state index contributed by atoms with van der Waals surface area (Å²) >= 11 is 0. The zero-order valence-corrected chi connectivity index (χ0v) is 20.9. The van der Waals surface area contributed by atoms with Crippen LogP contribution in [0.4, 0.5) is 26.3 Å². The van der Waals surface area contributed by atoms with Crippen LogP contribution in [0.25, 0.3) is 11.0 Å². The molecule has 0 aliphatic rings. The fourth-order valence-electron chi connectivity index (χ4n) is 3.21. The van der Waals surface area contributed by atoms with Crippen molar-refractivity contribution in [3.63, 3.8) is 0 Å². The Bertz CT molecular complexity index is 1400. The molecule has 0 saturated carbocycles. The van der Waals surface area contributed by atoms with E-state index in [1.165, 1.54) is 23.8 Å². The molecule has 1 aromatic carbocycles. The Morgan fingerprint density at radius 2 is 1.66 bits per heavy atom. The summed E-state index contributed by atoms with van der Waals surface area (Å²) in [5.74, 6) is 0.984. The van der Waals surface area contributed by atoms with E-state index in [0.717, 1.165) is 36.1 Å². The van der Waals surface area contributed by atoms with Gasteiger partial charge >= 0.3 is 23.2 Å². The highest BCUT2D eigenvalue weighted by atomic mass is 32.2. The Morgan fingerprint density at radius 1 is 1.00 bits per heavy atom. The SMILES string of the molecule is COc1ccc(C(F)(F)F)c[n+]1CCCCCOc1ccc2c(C)cc(=O)oc2c1.O=S(=O)([O-])C(F)(F)F. The molecule has 0 amide bonds. The van der Waals surface area contributed by atoms with Gasteiger partial charge in [-0.1, -0.05) is 0 Å². The first-order valence-corrected chi connectivity index (χ1v) is 12.3. The smallest absolute Gasteiger partial charge is 0.485 e. The molecule has 0 fully saturated rings. The summed E-state index contributed by atoms with van der Waals surface area (Å²) in [6, 6.07) is 9.13. The lowest BCUT2D eigenvalue weighted by Gasteiger charge is -2.09. The van der Waals surface area contributed by atoms with Gasteiger partial charge < -0.3 is 18.4 Å². The van der Waals surface area contributed by atoms with Crippen molar-refractivity contribution < 1.29 is 57.8 Å². The molecule has 2 aromatic heterocycles. The quantitative estimate of drug-likeness (QED) is 0.0962. The second kappa shape index (κ2) is 12.5. The van der Waals surface area contributed by atoms with Crippen LogP contribution in [0.5, 0.6) is 11.6 Å². The van der Waals surface area contributed by atoms with Crippen molar-refractivity contribution in [2.24, 2.45) is 0 Å². The van der Waals surface area contributed by atoms with Crippen LogP contribution in [-0.4, -0.2) is 32.2 Å². The number of halogens is 6. The molecule has 0 radical (unpaired) electrons. The molecule has 8 nitrogen and oxygen atoms in total. The fourth-order valence-corrected chi connectivity index (χ4v) is 3.21. The maximum atomic E-state index is 12.9. The van der Waals surface area contributed by atoms with Gasteiger partial charge in [-0.05, 0) is 43.5 Å². The summed E-state index contributed by atoms with van der Waals surface area (Å²) in [5.41, 5.74) is -5.43. The number of hydrogen-bond acceptors (Lipinski definition) is 7. The Hall–Kier alpha value is -3.33. The minimum Gasteiger partial charge on any atom is -0.741 e. The Kier molecular flexibility index (Phi) is 10.1. The summed E-state index contributed by atoms with van der Waals surface area (Å²) in [7, 11) is -4.66. The maximum absolute atomic E-state index is 12.9. The molecular weight excluding hydrogens is 548 g/mol. The van der Waals surface area contributed by atoms with Crippen molar-refractivity contribution in [3.8, 4) is 11.6 Å². The van der Waals surface area contributed by atoms with Gasteiger partial charge in [0, 0.05) is 23.9 Å². The van der Waals surface area contributed by atoms with Crippen LogP contribution in [0.3, 0.4) is 0 Å². The van der Waals surface area contributed by atoms with Gasteiger partial charge in [-0.3, -0.25) is 0 Å². The minimum absolute atomic E-state index is 0.382. The number of aryl methyl sites for hydroxylation is 2. The number of pyridine rings is 1. The number of hydrogen-bond donors (Lipinski definition) is 0. The number of nitrogens with zero attached hydrogens (tertiary/aromatic N) is 1. The topological polar surface area (TPSA) is 110 Å². The first kappa shape index (κ1) is 30.9. The van der Waals surface area contributed by atoms with E-state index < -0.39 is 33.0 Å². The van der Waals surface area contributed by atoms with Gasteiger partial charge in [0.1, 0.15) is 16.9 Å². The average molecular weight is 571 g/mol. The zero-order chi connectivity index (χ0) is 28.7. The van der Waals surface area contributed by atoms with E-state index >= 15 is 0 Å². The molecule has 0 aliphatic heterocycles. The lowest BCUT2D eigenvalue weighted by atomic mass is 10.1. The zero-order valence-electron chi connectivity index (χ0n) is 20.1. The molecule has 2 heterocycles. The second-order valence-electron chi connectivity index (χ2n) is 7.87. The Morgan fingerprint density at radius 3 is 2.24 bits per heavy atom. The second-order valence-corrected chi connectivity index (χ2v) is 9.24. The molecule has 210 valence electrons. The minimum atomic E-state index is -6.09. The van der Waals surface area contributed by atoms with Crippen LogP contribution in [0, 0.1) is 6.92 Å². The van der Waals surface area contributed by atoms with Crippen molar-refractivity contribution in [1.82, 2.24) is 0 Å². The Labute approximate surface area is 213 Å². The lowest BCUT2D eigenvalue weighted by molar-refractivity contribution is -0.702. The summed E-state index contributed by atoms with van der Waals surface area (Å²) in [6.07, 6.45) is -1.14. The van der Waals surface area contributed by atoms with Crippen molar-refractivity contribution in [1.29, 1.82) is 0 Å². The summed E-state index contributed by atoms with van der Waals surface area (Å²) in [5, 5.41) is 0.856. The van der Waals surface area contributed by atoms with Crippen LogP contribution < -0.4 is 19.7 Å². The number of benzene rings is 1. The predicted octanol–water partition coefficient (Wildman–Crippen LogP) is 4.72. The van der Waals surface area contributed by atoms with Crippen LogP contribution in [-0.2, 0) is 22.8 Å². The Balaban J connectivity index is 0.000000550.